The third kappa shape index (κ3) is 3.11. The highest BCUT2D eigenvalue weighted by Gasteiger charge is 1.98. The molecule has 0 amide bonds. The van der Waals surface area contributed by atoms with E-state index in [9.17, 15) is 0 Å². The van der Waals surface area contributed by atoms with Crippen molar-refractivity contribution >= 4 is 15.9 Å². The summed E-state index contributed by atoms with van der Waals surface area (Å²) in [5.74, 6) is 0.926. The van der Waals surface area contributed by atoms with Crippen LogP contribution in [0.4, 0.5) is 0 Å². The number of rotatable bonds is 4. The molecule has 16 heavy (non-hydrogen) atoms. The van der Waals surface area contributed by atoms with Crippen molar-refractivity contribution in [1.29, 1.82) is 0 Å². The van der Waals surface area contributed by atoms with E-state index in [0.717, 1.165) is 16.6 Å². The first kappa shape index (κ1) is 11.2. The average Bonchev–Trinajstić information content (AvgIpc) is 2.33. The second kappa shape index (κ2) is 5.71. The summed E-state index contributed by atoms with van der Waals surface area (Å²) in [6.45, 7) is 0.701. The quantitative estimate of drug-likeness (QED) is 0.818. The van der Waals surface area contributed by atoms with Crippen LogP contribution in [0.1, 0.15) is 5.56 Å². The number of benzene rings is 2. The number of hydrogen-bond acceptors (Lipinski definition) is 1. The maximum atomic E-state index is 5.64. The molecule has 0 aliphatic heterocycles. The Morgan fingerprint density at radius 2 is 1.56 bits per heavy atom. The van der Waals surface area contributed by atoms with Gasteiger partial charge in [-0.05, 0) is 23.8 Å². The van der Waals surface area contributed by atoms with E-state index in [1.165, 1.54) is 5.56 Å². The Morgan fingerprint density at radius 3 is 2.31 bits per heavy atom. The summed E-state index contributed by atoms with van der Waals surface area (Å²) in [5, 5.41) is 0. The van der Waals surface area contributed by atoms with Crippen LogP contribution in [-0.2, 0) is 6.42 Å². The van der Waals surface area contributed by atoms with Crippen molar-refractivity contribution in [2.24, 2.45) is 0 Å². The van der Waals surface area contributed by atoms with Gasteiger partial charge >= 0.3 is 0 Å². The van der Waals surface area contributed by atoms with Gasteiger partial charge in [-0.15, -0.1) is 0 Å². The fraction of sp³-hybridized carbons (Fsp3) is 0.143. The highest BCUT2D eigenvalue weighted by molar-refractivity contribution is 9.10. The molecule has 0 aliphatic rings. The molecule has 0 aromatic heterocycles. The fourth-order valence-electron chi connectivity index (χ4n) is 1.50. The van der Waals surface area contributed by atoms with E-state index < -0.39 is 0 Å². The maximum Gasteiger partial charge on any atom is 0.119 e. The van der Waals surface area contributed by atoms with Crippen LogP contribution in [0, 0.1) is 0 Å². The van der Waals surface area contributed by atoms with E-state index in [2.05, 4.69) is 28.1 Å². The van der Waals surface area contributed by atoms with Gasteiger partial charge in [-0.1, -0.05) is 52.3 Å². The Balaban J connectivity index is 1.87. The monoisotopic (exact) mass is 276 g/mol. The molecule has 0 aliphatic carbocycles. The van der Waals surface area contributed by atoms with Crippen molar-refractivity contribution in [3.63, 3.8) is 0 Å². The van der Waals surface area contributed by atoms with Gasteiger partial charge in [0.25, 0.3) is 0 Å². The minimum Gasteiger partial charge on any atom is -0.493 e. The molecule has 0 unspecified atom stereocenters. The third-order valence-corrected chi connectivity index (χ3v) is 3.11. The lowest BCUT2D eigenvalue weighted by atomic mass is 10.2. The highest BCUT2D eigenvalue weighted by Crippen LogP contribution is 2.17. The smallest absolute Gasteiger partial charge is 0.119 e. The van der Waals surface area contributed by atoms with E-state index in [1.54, 1.807) is 0 Å². The molecule has 0 radical (unpaired) electrons. The Hall–Kier alpha value is -1.28. The first-order valence-corrected chi connectivity index (χ1v) is 6.07. The van der Waals surface area contributed by atoms with Gasteiger partial charge < -0.3 is 4.74 Å². The third-order valence-electron chi connectivity index (χ3n) is 2.34. The predicted octanol–water partition coefficient (Wildman–Crippen LogP) is 4.07. The van der Waals surface area contributed by atoms with Crippen LogP contribution in [0.25, 0.3) is 0 Å². The molecule has 0 N–H and O–H groups in total. The molecular weight excluding hydrogens is 264 g/mol. The second-order valence-electron chi connectivity index (χ2n) is 3.50. The predicted molar refractivity (Wildman–Crippen MR) is 69.8 cm³/mol. The molecule has 0 heterocycles. The topological polar surface area (TPSA) is 9.23 Å². The molecule has 0 fully saturated rings. The Morgan fingerprint density at radius 1 is 0.875 bits per heavy atom. The molecule has 0 spiro atoms. The standard InChI is InChI=1S/C14H13BrO/c15-14-9-5-4-6-12(14)10-11-16-13-7-2-1-3-8-13/h1-9H,10-11H2. The van der Waals surface area contributed by atoms with Crippen molar-refractivity contribution in [1.82, 2.24) is 0 Å². The first-order valence-electron chi connectivity index (χ1n) is 5.27. The van der Waals surface area contributed by atoms with Crippen molar-refractivity contribution in [2.75, 3.05) is 6.61 Å². The summed E-state index contributed by atoms with van der Waals surface area (Å²) in [6.07, 6.45) is 0.913. The number of halogens is 1. The zero-order valence-corrected chi connectivity index (χ0v) is 10.5. The zero-order valence-electron chi connectivity index (χ0n) is 8.90. The van der Waals surface area contributed by atoms with Gasteiger partial charge in [0.05, 0.1) is 6.61 Å². The average molecular weight is 277 g/mol. The number of hydrogen-bond donors (Lipinski definition) is 0. The summed E-state index contributed by atoms with van der Waals surface area (Å²) in [4.78, 5) is 0. The van der Waals surface area contributed by atoms with Crippen molar-refractivity contribution in [3.05, 3.63) is 64.6 Å². The molecule has 1 nitrogen and oxygen atoms in total. The molecule has 0 bridgehead atoms. The SMILES string of the molecule is Brc1ccccc1CCOc1ccccc1. The number of para-hydroxylation sites is 1. The van der Waals surface area contributed by atoms with Crippen molar-refractivity contribution in [2.45, 2.75) is 6.42 Å². The summed E-state index contributed by atoms with van der Waals surface area (Å²) < 4.78 is 6.79. The summed E-state index contributed by atoms with van der Waals surface area (Å²) in [7, 11) is 0. The van der Waals surface area contributed by atoms with Gasteiger partial charge in [-0.2, -0.15) is 0 Å². The normalized spacial score (nSPS) is 10.1. The van der Waals surface area contributed by atoms with Gasteiger partial charge in [-0.25, -0.2) is 0 Å². The maximum absolute atomic E-state index is 5.64. The van der Waals surface area contributed by atoms with Crippen LogP contribution in [0.5, 0.6) is 5.75 Å². The van der Waals surface area contributed by atoms with Gasteiger partial charge in [0, 0.05) is 10.9 Å². The minimum atomic E-state index is 0.701. The summed E-state index contributed by atoms with van der Waals surface area (Å²) in [5.41, 5.74) is 1.28. The molecule has 0 saturated carbocycles. The molecule has 0 saturated heterocycles. The Kier molecular flexibility index (Phi) is 4.00. The fourth-order valence-corrected chi connectivity index (χ4v) is 1.98. The number of ether oxygens (including phenoxy) is 1. The highest BCUT2D eigenvalue weighted by atomic mass is 79.9. The van der Waals surface area contributed by atoms with Crippen LogP contribution < -0.4 is 4.74 Å². The molecular formula is C14H13BrO. The van der Waals surface area contributed by atoms with Crippen LogP contribution in [0.15, 0.2) is 59.1 Å². The lowest BCUT2D eigenvalue weighted by Crippen LogP contribution is -2.01. The van der Waals surface area contributed by atoms with E-state index in [4.69, 9.17) is 4.74 Å². The van der Waals surface area contributed by atoms with Gasteiger partial charge in [0.15, 0.2) is 0 Å². The van der Waals surface area contributed by atoms with Crippen LogP contribution in [0.2, 0.25) is 0 Å². The summed E-state index contributed by atoms with van der Waals surface area (Å²) in [6, 6.07) is 18.1. The van der Waals surface area contributed by atoms with Crippen molar-refractivity contribution in [3.8, 4) is 5.75 Å². The Labute approximate surface area is 104 Å². The Bertz CT molecular complexity index is 439. The van der Waals surface area contributed by atoms with Crippen LogP contribution >= 0.6 is 15.9 Å². The van der Waals surface area contributed by atoms with E-state index in [1.807, 2.05) is 42.5 Å². The van der Waals surface area contributed by atoms with Gasteiger partial charge in [0.2, 0.25) is 0 Å². The van der Waals surface area contributed by atoms with Crippen molar-refractivity contribution < 1.29 is 4.74 Å². The second-order valence-corrected chi connectivity index (χ2v) is 4.36. The lowest BCUT2D eigenvalue weighted by molar-refractivity contribution is 0.322. The molecule has 2 aromatic rings. The van der Waals surface area contributed by atoms with Crippen LogP contribution in [0.3, 0.4) is 0 Å². The van der Waals surface area contributed by atoms with E-state index in [0.29, 0.717) is 6.61 Å². The lowest BCUT2D eigenvalue weighted by Gasteiger charge is -2.07. The summed E-state index contributed by atoms with van der Waals surface area (Å²) >= 11 is 3.53. The van der Waals surface area contributed by atoms with E-state index >= 15 is 0 Å². The van der Waals surface area contributed by atoms with E-state index in [-0.39, 0.29) is 0 Å². The largest absolute Gasteiger partial charge is 0.493 e. The molecule has 0 atom stereocenters. The molecule has 2 aromatic carbocycles. The molecule has 2 heteroatoms. The minimum absolute atomic E-state index is 0.701. The van der Waals surface area contributed by atoms with Crippen LogP contribution in [-0.4, -0.2) is 6.61 Å². The first-order chi connectivity index (χ1) is 7.86. The van der Waals surface area contributed by atoms with Gasteiger partial charge in [-0.3, -0.25) is 0 Å². The zero-order chi connectivity index (χ0) is 11.2. The molecule has 2 rings (SSSR count). The molecule has 82 valence electrons. The van der Waals surface area contributed by atoms with Gasteiger partial charge in [0.1, 0.15) is 5.75 Å².